The molecular weight excluding hydrogens is 322 g/mol. The predicted molar refractivity (Wildman–Crippen MR) is 94.7 cm³/mol. The number of fused-ring (bicyclic) bond motifs is 2. The van der Waals surface area contributed by atoms with Crippen molar-refractivity contribution in [3.05, 3.63) is 47.8 Å². The molecule has 4 rings (SSSR count). The average molecular weight is 339 g/mol. The van der Waals surface area contributed by atoms with E-state index < -0.39 is 0 Å². The molecule has 0 spiro atoms. The lowest BCUT2D eigenvalue weighted by molar-refractivity contribution is -0.115. The molecule has 1 aromatic carbocycles. The maximum Gasteiger partial charge on any atom is 0.258 e. The molecule has 0 saturated carbocycles. The van der Waals surface area contributed by atoms with Crippen LogP contribution in [0.1, 0.15) is 35.8 Å². The molecule has 2 aliphatic rings. The van der Waals surface area contributed by atoms with Crippen molar-refractivity contribution in [2.75, 3.05) is 16.8 Å². The Balaban J connectivity index is 1.67. The Hall–Kier alpha value is -2.34. The SMILES string of the molecule is CC1Sc2ccc(C(=O)N3CC(C)c4ncccc43)cc2NC1=O. The zero-order valence-corrected chi connectivity index (χ0v) is 14.3. The number of benzene rings is 1. The van der Waals surface area contributed by atoms with E-state index in [9.17, 15) is 9.59 Å². The number of thioether (sulfide) groups is 1. The van der Waals surface area contributed by atoms with Crippen molar-refractivity contribution in [1.29, 1.82) is 0 Å². The van der Waals surface area contributed by atoms with Crippen LogP contribution in [0.2, 0.25) is 0 Å². The molecule has 0 fully saturated rings. The first-order valence-electron chi connectivity index (χ1n) is 7.93. The first kappa shape index (κ1) is 15.2. The lowest BCUT2D eigenvalue weighted by Crippen LogP contribution is -2.30. The third-order valence-electron chi connectivity index (χ3n) is 4.43. The van der Waals surface area contributed by atoms with Gasteiger partial charge in [-0.3, -0.25) is 14.6 Å². The van der Waals surface area contributed by atoms with Crippen molar-refractivity contribution in [1.82, 2.24) is 4.98 Å². The van der Waals surface area contributed by atoms with E-state index in [1.54, 1.807) is 17.2 Å². The van der Waals surface area contributed by atoms with Crippen LogP contribution in [0.3, 0.4) is 0 Å². The summed E-state index contributed by atoms with van der Waals surface area (Å²) in [5.41, 5.74) is 3.13. The van der Waals surface area contributed by atoms with Crippen LogP contribution in [0.25, 0.3) is 0 Å². The molecule has 2 amide bonds. The van der Waals surface area contributed by atoms with Gasteiger partial charge in [0.15, 0.2) is 0 Å². The first-order valence-corrected chi connectivity index (χ1v) is 8.81. The van der Waals surface area contributed by atoms with Gasteiger partial charge in [-0.2, -0.15) is 0 Å². The molecule has 2 aromatic rings. The minimum absolute atomic E-state index is 0.0264. The van der Waals surface area contributed by atoms with E-state index in [1.807, 2.05) is 31.2 Å². The van der Waals surface area contributed by atoms with Crippen LogP contribution in [0, 0.1) is 0 Å². The van der Waals surface area contributed by atoms with E-state index in [2.05, 4.69) is 17.2 Å². The molecule has 3 heterocycles. The molecule has 1 aromatic heterocycles. The second-order valence-electron chi connectivity index (χ2n) is 6.18. The Morgan fingerprint density at radius 1 is 1.33 bits per heavy atom. The number of carbonyl (C=O) groups excluding carboxylic acids is 2. The highest BCUT2D eigenvalue weighted by atomic mass is 32.2. The van der Waals surface area contributed by atoms with Gasteiger partial charge in [-0.15, -0.1) is 11.8 Å². The number of amides is 2. The van der Waals surface area contributed by atoms with Crippen LogP contribution in [0.4, 0.5) is 11.4 Å². The molecule has 122 valence electrons. The molecule has 1 N–H and O–H groups in total. The summed E-state index contributed by atoms with van der Waals surface area (Å²) in [4.78, 5) is 32.0. The molecule has 0 saturated heterocycles. The van der Waals surface area contributed by atoms with Crippen molar-refractivity contribution < 1.29 is 9.59 Å². The minimum Gasteiger partial charge on any atom is -0.324 e. The highest BCUT2D eigenvalue weighted by Crippen LogP contribution is 2.38. The summed E-state index contributed by atoms with van der Waals surface area (Å²) in [7, 11) is 0. The fraction of sp³-hybridized carbons (Fsp3) is 0.278. The summed E-state index contributed by atoms with van der Waals surface area (Å²) in [5, 5.41) is 2.77. The number of rotatable bonds is 1. The number of aromatic nitrogens is 1. The molecule has 6 heteroatoms. The van der Waals surface area contributed by atoms with Crippen LogP contribution in [0.5, 0.6) is 0 Å². The normalized spacial score (nSPS) is 21.9. The molecular formula is C18H17N3O2S. The molecule has 2 atom stereocenters. The van der Waals surface area contributed by atoms with Crippen molar-refractivity contribution >= 4 is 35.0 Å². The van der Waals surface area contributed by atoms with Crippen LogP contribution >= 0.6 is 11.8 Å². The number of hydrogen-bond donors (Lipinski definition) is 1. The van der Waals surface area contributed by atoms with Gasteiger partial charge in [-0.05, 0) is 37.3 Å². The number of nitrogens with one attached hydrogen (secondary N) is 1. The van der Waals surface area contributed by atoms with Crippen molar-refractivity contribution in [2.45, 2.75) is 29.9 Å². The Kier molecular flexibility index (Phi) is 3.57. The predicted octanol–water partition coefficient (Wildman–Crippen LogP) is 3.28. The quantitative estimate of drug-likeness (QED) is 0.866. The Morgan fingerprint density at radius 2 is 2.17 bits per heavy atom. The highest BCUT2D eigenvalue weighted by molar-refractivity contribution is 8.00. The Bertz CT molecular complexity index is 852. The maximum absolute atomic E-state index is 13.0. The molecule has 24 heavy (non-hydrogen) atoms. The Labute approximate surface area is 144 Å². The molecule has 5 nitrogen and oxygen atoms in total. The fourth-order valence-electron chi connectivity index (χ4n) is 3.17. The van der Waals surface area contributed by atoms with Crippen LogP contribution in [-0.2, 0) is 4.79 Å². The van der Waals surface area contributed by atoms with E-state index in [0.29, 0.717) is 17.8 Å². The maximum atomic E-state index is 13.0. The summed E-state index contributed by atoms with van der Waals surface area (Å²) in [6.07, 6.45) is 1.76. The van der Waals surface area contributed by atoms with Gasteiger partial charge < -0.3 is 10.2 Å². The van der Waals surface area contributed by atoms with Crippen molar-refractivity contribution in [3.8, 4) is 0 Å². The largest absolute Gasteiger partial charge is 0.324 e. The minimum atomic E-state index is -0.114. The number of hydrogen-bond acceptors (Lipinski definition) is 4. The number of anilines is 2. The van der Waals surface area contributed by atoms with Crippen molar-refractivity contribution in [3.63, 3.8) is 0 Å². The van der Waals surface area contributed by atoms with Crippen LogP contribution < -0.4 is 10.2 Å². The standard InChI is InChI=1S/C18H17N3O2S/c1-10-9-21(14-4-3-7-19-16(10)14)18(23)12-5-6-15-13(8-12)20-17(22)11(2)24-15/h3-8,10-11H,9H2,1-2H3,(H,20,22). The van der Waals surface area contributed by atoms with Gasteiger partial charge in [0.25, 0.3) is 5.91 Å². The lowest BCUT2D eigenvalue weighted by Gasteiger charge is -2.23. The van der Waals surface area contributed by atoms with E-state index >= 15 is 0 Å². The van der Waals surface area contributed by atoms with Crippen LogP contribution in [0.15, 0.2) is 41.4 Å². The zero-order chi connectivity index (χ0) is 16.8. The number of carbonyl (C=O) groups is 2. The van der Waals surface area contributed by atoms with Gasteiger partial charge in [0.2, 0.25) is 5.91 Å². The smallest absolute Gasteiger partial charge is 0.258 e. The number of pyridine rings is 1. The van der Waals surface area contributed by atoms with Gasteiger partial charge in [-0.1, -0.05) is 6.92 Å². The second-order valence-corrected chi connectivity index (χ2v) is 7.57. The van der Waals surface area contributed by atoms with Crippen LogP contribution in [-0.4, -0.2) is 28.6 Å². The van der Waals surface area contributed by atoms with Gasteiger partial charge >= 0.3 is 0 Å². The first-order chi connectivity index (χ1) is 11.5. The van der Waals surface area contributed by atoms with E-state index in [0.717, 1.165) is 16.3 Å². The summed E-state index contributed by atoms with van der Waals surface area (Å²) < 4.78 is 0. The molecule has 0 bridgehead atoms. The highest BCUT2D eigenvalue weighted by Gasteiger charge is 2.32. The third-order valence-corrected chi connectivity index (χ3v) is 5.61. The molecule has 2 aliphatic heterocycles. The third kappa shape index (κ3) is 2.38. The summed E-state index contributed by atoms with van der Waals surface area (Å²) >= 11 is 1.51. The Morgan fingerprint density at radius 3 is 3.00 bits per heavy atom. The van der Waals surface area contributed by atoms with Gasteiger partial charge in [0.1, 0.15) is 0 Å². The van der Waals surface area contributed by atoms with Gasteiger partial charge in [0, 0.05) is 29.1 Å². The van der Waals surface area contributed by atoms with E-state index in [4.69, 9.17) is 0 Å². The van der Waals surface area contributed by atoms with Gasteiger partial charge in [-0.25, -0.2) is 0 Å². The fourth-order valence-corrected chi connectivity index (χ4v) is 4.10. The summed E-state index contributed by atoms with van der Waals surface area (Å²) in [6.45, 7) is 4.57. The summed E-state index contributed by atoms with van der Waals surface area (Å²) in [5.74, 6) is 0.134. The summed E-state index contributed by atoms with van der Waals surface area (Å²) in [6, 6.07) is 9.29. The van der Waals surface area contributed by atoms with E-state index in [1.165, 1.54) is 11.8 Å². The average Bonchev–Trinajstić information content (AvgIpc) is 2.92. The molecule has 0 radical (unpaired) electrons. The second kappa shape index (κ2) is 5.63. The lowest BCUT2D eigenvalue weighted by atomic mass is 10.1. The molecule has 2 unspecified atom stereocenters. The van der Waals surface area contributed by atoms with Crippen molar-refractivity contribution in [2.24, 2.45) is 0 Å². The van der Waals surface area contributed by atoms with E-state index in [-0.39, 0.29) is 23.0 Å². The topological polar surface area (TPSA) is 62.3 Å². The van der Waals surface area contributed by atoms with Gasteiger partial charge in [0.05, 0.1) is 22.3 Å². The zero-order valence-electron chi connectivity index (χ0n) is 13.4. The number of nitrogens with zero attached hydrogens (tertiary/aromatic N) is 2. The monoisotopic (exact) mass is 339 g/mol. The molecule has 0 aliphatic carbocycles.